The largest absolute Gasteiger partial charge is 0.309 e. The van der Waals surface area contributed by atoms with E-state index in [1.54, 1.807) is 12.1 Å². The zero-order valence-corrected chi connectivity index (χ0v) is 19.2. The number of hydrogen-bond donors (Lipinski definition) is 0. The first kappa shape index (κ1) is 20.8. The summed E-state index contributed by atoms with van der Waals surface area (Å²) in [6.07, 6.45) is 2.17. The van der Waals surface area contributed by atoms with Crippen LogP contribution in [-0.4, -0.2) is 37.8 Å². The molecule has 1 saturated heterocycles. The van der Waals surface area contributed by atoms with Gasteiger partial charge in [0.1, 0.15) is 0 Å². The Morgan fingerprint density at radius 1 is 1.17 bits per heavy atom. The summed E-state index contributed by atoms with van der Waals surface area (Å²) < 4.78 is 28.5. The van der Waals surface area contributed by atoms with Crippen LogP contribution < -0.4 is 4.90 Å². The van der Waals surface area contributed by atoms with E-state index in [1.807, 2.05) is 24.0 Å². The maximum absolute atomic E-state index is 13.4. The molecule has 1 amide bonds. The second-order valence-electron chi connectivity index (χ2n) is 7.69. The average molecular weight is 498 g/mol. The molecule has 2 aromatic carbocycles. The summed E-state index contributed by atoms with van der Waals surface area (Å²) in [4.78, 5) is 15.4. The number of sulfonamides is 1. The van der Waals surface area contributed by atoms with E-state index < -0.39 is 10.0 Å². The molecule has 2 heterocycles. The Labute approximate surface area is 184 Å². The zero-order valence-electron chi connectivity index (χ0n) is 16.0. The van der Waals surface area contributed by atoms with E-state index in [4.69, 9.17) is 11.6 Å². The minimum absolute atomic E-state index is 0.00887. The minimum atomic E-state index is -3.65. The molecule has 5 nitrogen and oxygen atoms in total. The lowest BCUT2D eigenvalue weighted by Crippen LogP contribution is -2.48. The van der Waals surface area contributed by atoms with Crippen LogP contribution in [-0.2, 0) is 21.2 Å². The van der Waals surface area contributed by atoms with Gasteiger partial charge in [0.25, 0.3) is 0 Å². The van der Waals surface area contributed by atoms with Gasteiger partial charge in [0.2, 0.25) is 15.9 Å². The van der Waals surface area contributed by atoms with Gasteiger partial charge in [-0.05, 0) is 74.2 Å². The minimum Gasteiger partial charge on any atom is -0.309 e. The molecule has 0 aliphatic carbocycles. The van der Waals surface area contributed by atoms with Crippen molar-refractivity contribution in [1.29, 1.82) is 0 Å². The fourth-order valence-corrected chi connectivity index (χ4v) is 6.31. The predicted molar refractivity (Wildman–Crippen MR) is 118 cm³/mol. The van der Waals surface area contributed by atoms with Crippen LogP contribution in [0.3, 0.4) is 0 Å². The van der Waals surface area contributed by atoms with E-state index in [9.17, 15) is 13.2 Å². The number of halogens is 2. The summed E-state index contributed by atoms with van der Waals surface area (Å²) in [5.74, 6) is -0.336. The number of rotatable bonds is 3. The molecular weight excluding hydrogens is 476 g/mol. The first-order chi connectivity index (χ1) is 13.8. The van der Waals surface area contributed by atoms with E-state index in [0.717, 1.165) is 22.1 Å². The highest BCUT2D eigenvalue weighted by Gasteiger charge is 2.39. The van der Waals surface area contributed by atoms with Crippen molar-refractivity contribution in [2.75, 3.05) is 18.0 Å². The van der Waals surface area contributed by atoms with E-state index in [-0.39, 0.29) is 29.3 Å². The van der Waals surface area contributed by atoms with Crippen molar-refractivity contribution >= 4 is 49.1 Å². The lowest BCUT2D eigenvalue weighted by Gasteiger charge is -2.34. The third-order valence-electron chi connectivity index (χ3n) is 5.68. The molecule has 29 heavy (non-hydrogen) atoms. The average Bonchev–Trinajstić information content (AvgIpc) is 3.02. The molecule has 154 valence electrons. The number of amides is 1. The summed E-state index contributed by atoms with van der Waals surface area (Å²) in [7, 11) is -3.65. The maximum atomic E-state index is 13.4. The summed E-state index contributed by atoms with van der Waals surface area (Å²) in [6, 6.07) is 12.2. The van der Waals surface area contributed by atoms with Gasteiger partial charge in [-0.1, -0.05) is 27.5 Å². The van der Waals surface area contributed by atoms with Gasteiger partial charge in [-0.3, -0.25) is 4.79 Å². The van der Waals surface area contributed by atoms with Crippen LogP contribution in [0.1, 0.15) is 25.3 Å². The molecule has 0 bridgehead atoms. The fourth-order valence-electron chi connectivity index (χ4n) is 4.25. The number of piperidine rings is 1. The molecule has 0 spiro atoms. The molecule has 2 atom stereocenters. The molecule has 0 radical (unpaired) electrons. The van der Waals surface area contributed by atoms with Gasteiger partial charge in [0, 0.05) is 34.3 Å². The highest BCUT2D eigenvalue weighted by atomic mass is 79.9. The molecule has 0 aromatic heterocycles. The number of fused-ring (bicyclic) bond motifs is 1. The monoisotopic (exact) mass is 496 g/mol. The number of benzene rings is 2. The molecular formula is C21H22BrClN2O3S. The summed E-state index contributed by atoms with van der Waals surface area (Å²) in [5.41, 5.74) is 2.07. The Morgan fingerprint density at radius 2 is 1.90 bits per heavy atom. The van der Waals surface area contributed by atoms with E-state index in [2.05, 4.69) is 22.0 Å². The lowest BCUT2D eigenvalue weighted by molar-refractivity contribution is -0.123. The SMILES string of the molecule is C[C@H]1Cc2cc(Br)ccc2N1C(=O)[C@@H]1CCCN(S(=O)(=O)c2ccc(Cl)cc2)C1. The van der Waals surface area contributed by atoms with Crippen molar-refractivity contribution in [2.45, 2.75) is 37.1 Å². The van der Waals surface area contributed by atoms with Crippen molar-refractivity contribution in [2.24, 2.45) is 5.92 Å². The summed E-state index contributed by atoms with van der Waals surface area (Å²) >= 11 is 9.38. The molecule has 8 heteroatoms. The standard InChI is InChI=1S/C21H22BrClN2O3S/c1-14-11-16-12-17(22)4-9-20(16)25(14)21(26)15-3-2-10-24(13-15)29(27,28)19-7-5-18(23)6-8-19/h4-9,12,14-15H,2-3,10-11,13H2,1H3/t14-,15+/m0/s1. The summed E-state index contributed by atoms with van der Waals surface area (Å²) in [6.45, 7) is 2.67. The van der Waals surface area contributed by atoms with Crippen LogP contribution in [0.5, 0.6) is 0 Å². The fraction of sp³-hybridized carbons (Fsp3) is 0.381. The Balaban J connectivity index is 1.56. The Hall–Kier alpha value is -1.41. The number of carbonyl (C=O) groups excluding carboxylic acids is 1. The van der Waals surface area contributed by atoms with Crippen LogP contribution in [0.4, 0.5) is 5.69 Å². The molecule has 0 saturated carbocycles. The highest BCUT2D eigenvalue weighted by molar-refractivity contribution is 9.10. The van der Waals surface area contributed by atoms with Crippen LogP contribution in [0, 0.1) is 5.92 Å². The number of nitrogens with zero attached hydrogens (tertiary/aromatic N) is 2. The van der Waals surface area contributed by atoms with Crippen molar-refractivity contribution in [3.05, 3.63) is 57.5 Å². The molecule has 2 aliphatic heterocycles. The van der Waals surface area contributed by atoms with Gasteiger partial charge in [-0.2, -0.15) is 4.31 Å². The van der Waals surface area contributed by atoms with Crippen molar-refractivity contribution in [3.8, 4) is 0 Å². The normalized spacial score (nSPS) is 22.5. The van der Waals surface area contributed by atoms with Crippen LogP contribution in [0.2, 0.25) is 5.02 Å². The number of hydrogen-bond acceptors (Lipinski definition) is 3. The second kappa shape index (κ2) is 8.02. The number of carbonyl (C=O) groups is 1. The second-order valence-corrected chi connectivity index (χ2v) is 11.0. The van der Waals surface area contributed by atoms with Gasteiger partial charge >= 0.3 is 0 Å². The third-order valence-corrected chi connectivity index (χ3v) is 8.30. The van der Waals surface area contributed by atoms with E-state index >= 15 is 0 Å². The Morgan fingerprint density at radius 3 is 2.62 bits per heavy atom. The molecule has 2 aromatic rings. The van der Waals surface area contributed by atoms with Gasteiger partial charge in [-0.25, -0.2) is 8.42 Å². The quantitative estimate of drug-likeness (QED) is 0.628. The predicted octanol–water partition coefficient (Wildman–Crippen LogP) is 4.48. The first-order valence-electron chi connectivity index (χ1n) is 9.64. The van der Waals surface area contributed by atoms with Crippen LogP contribution >= 0.6 is 27.5 Å². The topological polar surface area (TPSA) is 57.7 Å². The van der Waals surface area contributed by atoms with Gasteiger partial charge in [0.15, 0.2) is 0 Å². The Bertz CT molecular complexity index is 1040. The van der Waals surface area contributed by atoms with Crippen molar-refractivity contribution in [3.63, 3.8) is 0 Å². The van der Waals surface area contributed by atoms with Crippen molar-refractivity contribution in [1.82, 2.24) is 4.31 Å². The zero-order chi connectivity index (χ0) is 20.8. The number of anilines is 1. The van der Waals surface area contributed by atoms with E-state index in [1.165, 1.54) is 16.4 Å². The smallest absolute Gasteiger partial charge is 0.243 e. The highest BCUT2D eigenvalue weighted by Crippen LogP contribution is 2.36. The maximum Gasteiger partial charge on any atom is 0.243 e. The third kappa shape index (κ3) is 3.98. The molecule has 4 rings (SSSR count). The van der Waals surface area contributed by atoms with Gasteiger partial charge in [-0.15, -0.1) is 0 Å². The van der Waals surface area contributed by atoms with Crippen LogP contribution in [0.25, 0.3) is 0 Å². The first-order valence-corrected chi connectivity index (χ1v) is 12.3. The Kier molecular flexibility index (Phi) is 5.77. The summed E-state index contributed by atoms with van der Waals surface area (Å²) in [5, 5.41) is 0.490. The van der Waals surface area contributed by atoms with Gasteiger partial charge < -0.3 is 4.90 Å². The lowest BCUT2D eigenvalue weighted by atomic mass is 9.97. The van der Waals surface area contributed by atoms with Gasteiger partial charge in [0.05, 0.1) is 10.8 Å². The molecule has 2 aliphatic rings. The van der Waals surface area contributed by atoms with E-state index in [0.29, 0.717) is 24.4 Å². The molecule has 1 fully saturated rings. The molecule has 0 N–H and O–H groups in total. The van der Waals surface area contributed by atoms with Crippen LogP contribution in [0.15, 0.2) is 51.8 Å². The molecule has 0 unspecified atom stereocenters. The van der Waals surface area contributed by atoms with Crippen molar-refractivity contribution < 1.29 is 13.2 Å².